The van der Waals surface area contributed by atoms with E-state index >= 15 is 0 Å². The molecule has 5 aliphatic rings. The van der Waals surface area contributed by atoms with E-state index in [2.05, 4.69) is 24.3 Å². The Hall–Kier alpha value is -2.56. The number of fused-ring (bicyclic) bond motifs is 1. The largest absolute Gasteiger partial charge is 0.478 e. The molecule has 0 bridgehead atoms. The second-order valence-corrected chi connectivity index (χ2v) is 8.51. The number of allylic oxidation sites excluding steroid dienone is 3. The fraction of sp³-hybridized carbons (Fsp3) is 0.455. The number of benzene rings is 1. The van der Waals surface area contributed by atoms with Crippen LogP contribution in [-0.2, 0) is 16.0 Å². The summed E-state index contributed by atoms with van der Waals surface area (Å²) in [7, 11) is 0. The molecule has 4 aliphatic carbocycles. The Balaban J connectivity index is 1.30. The Morgan fingerprint density at radius 2 is 2.00 bits per heavy atom. The molecule has 0 aromatic heterocycles. The van der Waals surface area contributed by atoms with E-state index in [4.69, 9.17) is 9.47 Å². The highest BCUT2D eigenvalue weighted by Gasteiger charge is 2.64. The van der Waals surface area contributed by atoms with Gasteiger partial charge in [0.1, 0.15) is 0 Å². The van der Waals surface area contributed by atoms with Crippen molar-refractivity contribution in [2.75, 3.05) is 6.79 Å². The van der Waals surface area contributed by atoms with Gasteiger partial charge in [-0.1, -0.05) is 18.2 Å². The van der Waals surface area contributed by atoms with Gasteiger partial charge >= 0.3 is 5.97 Å². The number of hydrogen-bond acceptors (Lipinski definition) is 4. The maximum Gasteiger partial charge on any atom is 0.332 e. The average molecular weight is 364 g/mol. The molecule has 0 radical (unpaired) electrons. The number of hydrogen-bond donors (Lipinski definition) is 1. The average Bonchev–Trinajstić information content (AvgIpc) is 3.26. The molecular weight excluding hydrogens is 344 g/mol. The maximum atomic E-state index is 12.6. The quantitative estimate of drug-likeness (QED) is 0.835. The highest BCUT2D eigenvalue weighted by Crippen LogP contribution is 2.66. The minimum atomic E-state index is -0.949. The summed E-state index contributed by atoms with van der Waals surface area (Å²) in [6.07, 6.45) is 7.57. The third kappa shape index (κ3) is 2.00. The Morgan fingerprint density at radius 1 is 1.15 bits per heavy atom. The Morgan fingerprint density at radius 3 is 2.85 bits per heavy atom. The number of ether oxygens (including phenoxy) is 2. The first-order valence-corrected chi connectivity index (χ1v) is 9.67. The molecule has 7 atom stereocenters. The summed E-state index contributed by atoms with van der Waals surface area (Å²) in [5, 5.41) is 9.51. The van der Waals surface area contributed by atoms with Gasteiger partial charge in [-0.05, 0) is 66.2 Å². The lowest BCUT2D eigenvalue weighted by atomic mass is 9.50. The highest BCUT2D eigenvalue weighted by atomic mass is 16.7. The van der Waals surface area contributed by atoms with Crippen LogP contribution in [0.3, 0.4) is 0 Å². The van der Waals surface area contributed by atoms with Crippen molar-refractivity contribution in [2.45, 2.75) is 12.8 Å². The third-order valence-corrected chi connectivity index (χ3v) is 7.55. The van der Waals surface area contributed by atoms with E-state index in [-0.39, 0.29) is 35.9 Å². The zero-order valence-corrected chi connectivity index (χ0v) is 14.7. The van der Waals surface area contributed by atoms with Crippen LogP contribution in [0.4, 0.5) is 0 Å². The molecule has 6 rings (SSSR count). The molecule has 0 saturated heterocycles. The number of ketones is 1. The molecule has 1 heterocycles. The van der Waals surface area contributed by atoms with Crippen LogP contribution >= 0.6 is 0 Å². The predicted octanol–water partition coefficient (Wildman–Crippen LogP) is 2.85. The standard InChI is InChI=1S/C22H20O5/c23-17-8-15(22(24)25)12-3-2-11-13(14-7-16(17)21(12)20(11)14)5-10-1-4-18-19(6-10)27-9-26-18/h1-4,6,8,11-14,16,20-21H,5,7,9H2,(H,24,25)/t11-,12+,13+,14+,16+,20-,21+/m1/s1. The van der Waals surface area contributed by atoms with Crippen LogP contribution in [-0.4, -0.2) is 23.7 Å². The number of carbonyl (C=O) groups is 2. The minimum Gasteiger partial charge on any atom is -0.478 e. The molecule has 27 heavy (non-hydrogen) atoms. The van der Waals surface area contributed by atoms with E-state index in [1.165, 1.54) is 11.6 Å². The van der Waals surface area contributed by atoms with Crippen molar-refractivity contribution in [2.24, 2.45) is 41.4 Å². The molecular formula is C22H20O5. The monoisotopic (exact) mass is 364 g/mol. The lowest BCUT2D eigenvalue weighted by Crippen LogP contribution is -2.50. The normalized spacial score (nSPS) is 39.6. The van der Waals surface area contributed by atoms with Crippen LogP contribution in [0.2, 0.25) is 0 Å². The van der Waals surface area contributed by atoms with E-state index in [9.17, 15) is 14.7 Å². The minimum absolute atomic E-state index is 0.00213. The van der Waals surface area contributed by atoms with Gasteiger partial charge in [0.25, 0.3) is 0 Å². The highest BCUT2D eigenvalue weighted by molar-refractivity contribution is 6.02. The third-order valence-electron chi connectivity index (χ3n) is 7.55. The Kier molecular flexibility index (Phi) is 3.01. The Bertz CT molecular complexity index is 929. The summed E-state index contributed by atoms with van der Waals surface area (Å²) in [4.78, 5) is 24.2. The van der Waals surface area contributed by atoms with Crippen molar-refractivity contribution in [1.82, 2.24) is 0 Å². The predicted molar refractivity (Wildman–Crippen MR) is 95.2 cm³/mol. The van der Waals surface area contributed by atoms with Crippen molar-refractivity contribution in [1.29, 1.82) is 0 Å². The molecule has 1 aromatic carbocycles. The fourth-order valence-corrected chi connectivity index (χ4v) is 6.53. The summed E-state index contributed by atoms with van der Waals surface area (Å²) in [6.45, 7) is 0.282. The van der Waals surface area contributed by atoms with Crippen LogP contribution in [0.5, 0.6) is 11.5 Å². The van der Waals surface area contributed by atoms with Crippen molar-refractivity contribution >= 4 is 11.8 Å². The number of aliphatic carboxylic acids is 1. The number of carboxylic acids is 1. The number of rotatable bonds is 3. The molecule has 0 amide bonds. The summed E-state index contributed by atoms with van der Waals surface area (Å²) in [6, 6.07) is 6.15. The molecule has 1 aliphatic heterocycles. The van der Waals surface area contributed by atoms with E-state index in [1.807, 2.05) is 6.07 Å². The summed E-state index contributed by atoms with van der Waals surface area (Å²) in [5.74, 6) is 2.71. The molecule has 1 N–H and O–H groups in total. The first-order valence-electron chi connectivity index (χ1n) is 9.67. The second kappa shape index (κ2) is 5.24. The maximum absolute atomic E-state index is 12.6. The van der Waals surface area contributed by atoms with Gasteiger partial charge < -0.3 is 14.6 Å². The summed E-state index contributed by atoms with van der Waals surface area (Å²) < 4.78 is 10.9. The van der Waals surface area contributed by atoms with Crippen LogP contribution < -0.4 is 9.47 Å². The number of carboxylic acid groups (broad SMARTS) is 1. The second-order valence-electron chi connectivity index (χ2n) is 8.51. The van der Waals surface area contributed by atoms with E-state index in [1.54, 1.807) is 0 Å². The zero-order valence-electron chi connectivity index (χ0n) is 14.7. The van der Waals surface area contributed by atoms with Gasteiger partial charge in [-0.15, -0.1) is 0 Å². The Labute approximate surface area is 156 Å². The van der Waals surface area contributed by atoms with Gasteiger partial charge in [-0.3, -0.25) is 4.79 Å². The van der Waals surface area contributed by atoms with Crippen molar-refractivity contribution in [3.8, 4) is 11.5 Å². The first kappa shape index (κ1) is 15.5. The van der Waals surface area contributed by atoms with Gasteiger partial charge in [0.05, 0.1) is 0 Å². The number of carbonyl (C=O) groups excluding carboxylic acids is 1. The van der Waals surface area contributed by atoms with Crippen molar-refractivity contribution < 1.29 is 24.2 Å². The van der Waals surface area contributed by atoms with Crippen LogP contribution in [0, 0.1) is 41.4 Å². The molecule has 5 heteroatoms. The van der Waals surface area contributed by atoms with Gasteiger partial charge in [-0.2, -0.15) is 0 Å². The topological polar surface area (TPSA) is 72.8 Å². The zero-order chi connectivity index (χ0) is 18.3. The molecule has 138 valence electrons. The smallest absolute Gasteiger partial charge is 0.332 e. The molecule has 0 spiro atoms. The van der Waals surface area contributed by atoms with Crippen LogP contribution in [0.25, 0.3) is 0 Å². The van der Waals surface area contributed by atoms with Gasteiger partial charge in [0.2, 0.25) is 6.79 Å². The molecule has 0 unspecified atom stereocenters. The van der Waals surface area contributed by atoms with Gasteiger partial charge in [0.15, 0.2) is 17.3 Å². The van der Waals surface area contributed by atoms with Crippen LogP contribution in [0.1, 0.15) is 12.0 Å². The molecule has 1 aromatic rings. The molecule has 2 saturated carbocycles. The fourth-order valence-electron chi connectivity index (χ4n) is 6.53. The van der Waals surface area contributed by atoms with E-state index in [0.29, 0.717) is 23.7 Å². The van der Waals surface area contributed by atoms with E-state index in [0.717, 1.165) is 24.3 Å². The lowest BCUT2D eigenvalue weighted by molar-refractivity contribution is -0.135. The van der Waals surface area contributed by atoms with Gasteiger partial charge in [0, 0.05) is 17.4 Å². The SMILES string of the molecule is O=C(O)C1=CC(=O)[C@@H]2C[C@H]3[C@@H](Cc4ccc5c(c4)OCO5)[C@H]4C=C[C@@H]1[C@@H]2[C@H]43. The van der Waals surface area contributed by atoms with Crippen molar-refractivity contribution in [3.63, 3.8) is 0 Å². The summed E-state index contributed by atoms with van der Waals surface area (Å²) >= 11 is 0. The van der Waals surface area contributed by atoms with Gasteiger partial charge in [-0.25, -0.2) is 4.79 Å². The molecule has 2 fully saturated rings. The van der Waals surface area contributed by atoms with E-state index < -0.39 is 5.97 Å². The van der Waals surface area contributed by atoms with Crippen molar-refractivity contribution in [3.05, 3.63) is 47.6 Å². The summed E-state index contributed by atoms with van der Waals surface area (Å²) in [5.41, 5.74) is 1.53. The van der Waals surface area contributed by atoms with Crippen LogP contribution in [0.15, 0.2) is 42.0 Å². The lowest BCUT2D eigenvalue weighted by Gasteiger charge is -2.54. The first-order chi connectivity index (χ1) is 13.1. The molecule has 5 nitrogen and oxygen atoms in total.